The highest BCUT2D eigenvalue weighted by atomic mass is 79.9. The largest absolute Gasteiger partial charge is 0.381 e. The smallest absolute Gasteiger partial charge is 0.0472 e. The molecule has 0 amide bonds. The van der Waals surface area contributed by atoms with Gasteiger partial charge in [0.2, 0.25) is 0 Å². The summed E-state index contributed by atoms with van der Waals surface area (Å²) in [7, 11) is 2.19. The lowest BCUT2D eigenvalue weighted by Gasteiger charge is -2.39. The van der Waals surface area contributed by atoms with Crippen molar-refractivity contribution in [3.63, 3.8) is 0 Å². The van der Waals surface area contributed by atoms with Gasteiger partial charge in [0.15, 0.2) is 0 Å². The molecule has 0 radical (unpaired) electrons. The summed E-state index contributed by atoms with van der Waals surface area (Å²) in [5.41, 5.74) is 2.97. The monoisotopic (exact) mass is 311 g/mol. The molecular weight excluding hydrogens is 290 g/mol. The molecule has 18 heavy (non-hydrogen) atoms. The molecule has 1 aromatic rings. The van der Waals surface area contributed by atoms with Gasteiger partial charge in [0.05, 0.1) is 0 Å². The molecule has 1 aromatic carbocycles. The van der Waals surface area contributed by atoms with Gasteiger partial charge in [0.25, 0.3) is 0 Å². The van der Waals surface area contributed by atoms with Crippen LogP contribution >= 0.6 is 15.9 Å². The Balaban J connectivity index is 2.04. The van der Waals surface area contributed by atoms with Crippen molar-refractivity contribution in [3.8, 4) is 0 Å². The van der Waals surface area contributed by atoms with E-state index in [0.29, 0.717) is 5.41 Å². The van der Waals surface area contributed by atoms with Crippen molar-refractivity contribution in [2.45, 2.75) is 19.8 Å². The molecule has 1 heterocycles. The number of alkyl halides is 1. The quantitative estimate of drug-likeness (QED) is 0.787. The highest BCUT2D eigenvalue weighted by Crippen LogP contribution is 2.34. The summed E-state index contributed by atoms with van der Waals surface area (Å²) in [6, 6.07) is 8.76. The molecule has 1 aliphatic rings. The first-order valence-electron chi connectivity index (χ1n) is 6.57. The van der Waals surface area contributed by atoms with Gasteiger partial charge in [-0.2, -0.15) is 0 Å². The van der Waals surface area contributed by atoms with Crippen LogP contribution in [0.1, 0.15) is 18.4 Å². The molecule has 0 bridgehead atoms. The van der Waals surface area contributed by atoms with E-state index in [1.165, 1.54) is 11.3 Å². The fourth-order valence-corrected chi connectivity index (χ4v) is 3.27. The van der Waals surface area contributed by atoms with Gasteiger partial charge in [-0.1, -0.05) is 33.6 Å². The van der Waals surface area contributed by atoms with E-state index in [1.807, 2.05) is 0 Å². The van der Waals surface area contributed by atoms with Crippen LogP contribution in [0.25, 0.3) is 0 Å². The lowest BCUT2D eigenvalue weighted by Crippen LogP contribution is -2.41. The average Bonchev–Trinajstić information content (AvgIpc) is 2.40. The number of halogens is 1. The van der Waals surface area contributed by atoms with E-state index in [4.69, 9.17) is 4.74 Å². The maximum Gasteiger partial charge on any atom is 0.0472 e. The highest BCUT2D eigenvalue weighted by molar-refractivity contribution is 9.09. The Bertz CT molecular complexity index is 371. The zero-order valence-corrected chi connectivity index (χ0v) is 12.9. The number of ether oxygens (including phenoxy) is 1. The van der Waals surface area contributed by atoms with Crippen LogP contribution in [0.4, 0.5) is 5.69 Å². The molecule has 2 nitrogen and oxygen atoms in total. The van der Waals surface area contributed by atoms with E-state index in [0.717, 1.165) is 37.9 Å². The number of aryl methyl sites for hydroxylation is 1. The SMILES string of the molecule is Cc1ccc(N(C)CC2(CBr)CCOCC2)cc1. The van der Waals surface area contributed by atoms with Gasteiger partial charge < -0.3 is 9.64 Å². The molecule has 1 fully saturated rings. The normalized spacial score (nSPS) is 18.6. The zero-order valence-electron chi connectivity index (χ0n) is 11.3. The molecule has 0 aromatic heterocycles. The predicted octanol–water partition coefficient (Wildman–Crippen LogP) is 3.62. The van der Waals surface area contributed by atoms with Gasteiger partial charge in [-0.25, -0.2) is 0 Å². The summed E-state index contributed by atoms with van der Waals surface area (Å²) >= 11 is 3.70. The van der Waals surface area contributed by atoms with Crippen molar-refractivity contribution in [1.82, 2.24) is 0 Å². The first-order valence-corrected chi connectivity index (χ1v) is 7.69. The molecule has 2 rings (SSSR count). The Morgan fingerprint density at radius 2 is 1.83 bits per heavy atom. The Morgan fingerprint density at radius 1 is 1.22 bits per heavy atom. The molecule has 1 aliphatic heterocycles. The van der Waals surface area contributed by atoms with Crippen molar-refractivity contribution in [2.24, 2.45) is 5.41 Å². The second-order valence-corrected chi connectivity index (χ2v) is 6.00. The van der Waals surface area contributed by atoms with Crippen molar-refractivity contribution in [1.29, 1.82) is 0 Å². The third-order valence-corrected chi connectivity index (χ3v) is 5.07. The average molecular weight is 312 g/mol. The summed E-state index contributed by atoms with van der Waals surface area (Å²) in [5, 5.41) is 1.06. The Hall–Kier alpha value is -0.540. The van der Waals surface area contributed by atoms with Crippen molar-refractivity contribution < 1.29 is 4.74 Å². The molecule has 0 unspecified atom stereocenters. The predicted molar refractivity (Wildman–Crippen MR) is 80.7 cm³/mol. The van der Waals surface area contributed by atoms with Gasteiger partial charge in [-0.05, 0) is 31.9 Å². The van der Waals surface area contributed by atoms with E-state index < -0.39 is 0 Å². The van der Waals surface area contributed by atoms with E-state index in [2.05, 4.69) is 59.1 Å². The first kappa shape index (κ1) is 13.9. The number of hydrogen-bond donors (Lipinski definition) is 0. The third-order valence-electron chi connectivity index (χ3n) is 3.88. The first-order chi connectivity index (χ1) is 8.65. The van der Waals surface area contributed by atoms with E-state index in [1.54, 1.807) is 0 Å². The van der Waals surface area contributed by atoms with Gasteiger partial charge >= 0.3 is 0 Å². The van der Waals surface area contributed by atoms with Crippen LogP contribution in [0.15, 0.2) is 24.3 Å². The van der Waals surface area contributed by atoms with E-state index in [-0.39, 0.29) is 0 Å². The third kappa shape index (κ3) is 3.27. The van der Waals surface area contributed by atoms with Crippen LogP contribution in [0.3, 0.4) is 0 Å². The molecular formula is C15H22BrNO. The van der Waals surface area contributed by atoms with Crippen LogP contribution in [-0.2, 0) is 4.74 Å². The maximum absolute atomic E-state index is 5.49. The maximum atomic E-state index is 5.49. The molecule has 0 atom stereocenters. The topological polar surface area (TPSA) is 12.5 Å². The summed E-state index contributed by atoms with van der Waals surface area (Å²) < 4.78 is 5.49. The van der Waals surface area contributed by atoms with Gasteiger partial charge in [-0.3, -0.25) is 0 Å². The molecule has 3 heteroatoms. The van der Waals surface area contributed by atoms with Crippen LogP contribution in [0, 0.1) is 12.3 Å². The number of benzene rings is 1. The van der Waals surface area contributed by atoms with Crippen LogP contribution in [0.5, 0.6) is 0 Å². The van der Waals surface area contributed by atoms with Gasteiger partial charge in [0, 0.05) is 43.2 Å². The Morgan fingerprint density at radius 3 is 2.39 bits per heavy atom. The Labute approximate surface area is 118 Å². The lowest BCUT2D eigenvalue weighted by atomic mass is 9.82. The minimum atomic E-state index is 0.359. The number of anilines is 1. The molecule has 0 aliphatic carbocycles. The van der Waals surface area contributed by atoms with E-state index in [9.17, 15) is 0 Å². The zero-order chi connectivity index (χ0) is 13.0. The molecule has 0 saturated carbocycles. The number of rotatable bonds is 4. The lowest BCUT2D eigenvalue weighted by molar-refractivity contribution is 0.0304. The van der Waals surface area contributed by atoms with Crippen LogP contribution in [0.2, 0.25) is 0 Å². The summed E-state index contributed by atoms with van der Waals surface area (Å²) in [6.07, 6.45) is 2.29. The fourth-order valence-electron chi connectivity index (χ4n) is 2.53. The van der Waals surface area contributed by atoms with E-state index >= 15 is 0 Å². The fraction of sp³-hybridized carbons (Fsp3) is 0.600. The second-order valence-electron chi connectivity index (χ2n) is 5.44. The van der Waals surface area contributed by atoms with Crippen molar-refractivity contribution >= 4 is 21.6 Å². The minimum absolute atomic E-state index is 0.359. The highest BCUT2D eigenvalue weighted by Gasteiger charge is 2.32. The number of hydrogen-bond acceptors (Lipinski definition) is 2. The minimum Gasteiger partial charge on any atom is -0.381 e. The van der Waals surface area contributed by atoms with Crippen LogP contribution < -0.4 is 4.90 Å². The van der Waals surface area contributed by atoms with Gasteiger partial charge in [0.1, 0.15) is 0 Å². The molecule has 100 valence electrons. The number of nitrogens with zero attached hydrogens (tertiary/aromatic N) is 1. The molecule has 0 spiro atoms. The van der Waals surface area contributed by atoms with Crippen molar-refractivity contribution in [2.75, 3.05) is 37.0 Å². The standard InChI is InChI=1S/C15H22BrNO/c1-13-3-5-14(6-4-13)17(2)12-15(11-16)7-9-18-10-8-15/h3-6H,7-12H2,1-2H3. The van der Waals surface area contributed by atoms with Crippen LogP contribution in [-0.4, -0.2) is 32.1 Å². The molecule has 1 saturated heterocycles. The summed E-state index contributed by atoms with van der Waals surface area (Å²) in [5.74, 6) is 0. The summed E-state index contributed by atoms with van der Waals surface area (Å²) in [4.78, 5) is 2.37. The van der Waals surface area contributed by atoms with Gasteiger partial charge in [-0.15, -0.1) is 0 Å². The molecule has 0 N–H and O–H groups in total. The second kappa shape index (κ2) is 6.07. The Kier molecular flexibility index (Phi) is 4.68. The summed E-state index contributed by atoms with van der Waals surface area (Å²) in [6.45, 7) is 5.01. The van der Waals surface area contributed by atoms with Crippen molar-refractivity contribution in [3.05, 3.63) is 29.8 Å².